The molecule has 8 aromatic carbocycles. The van der Waals surface area contributed by atoms with Crippen molar-refractivity contribution in [1.82, 2.24) is 24.9 Å². The minimum Gasteiger partial charge on any atom is -0.228 e. The molecule has 6 heteroatoms. The molecule has 6 nitrogen and oxygen atoms in total. The van der Waals surface area contributed by atoms with Crippen LogP contribution in [0, 0.1) is 11.3 Å². The third-order valence-electron chi connectivity index (χ3n) is 10.8. The number of nitriles is 1. The van der Waals surface area contributed by atoms with Crippen molar-refractivity contribution in [2.45, 2.75) is 0 Å². The van der Waals surface area contributed by atoms with Crippen LogP contribution in [-0.2, 0) is 0 Å². The van der Waals surface area contributed by atoms with Crippen LogP contribution in [0.3, 0.4) is 0 Å². The van der Waals surface area contributed by atoms with Gasteiger partial charge < -0.3 is 0 Å². The summed E-state index contributed by atoms with van der Waals surface area (Å²) < 4.78 is 0. The highest BCUT2D eigenvalue weighted by atomic mass is 15.0. The summed E-state index contributed by atoms with van der Waals surface area (Å²) in [5.41, 5.74) is 14.2. The summed E-state index contributed by atoms with van der Waals surface area (Å²) in [6, 6.07) is 75.9. The number of aromatic nitrogens is 5. The first-order valence-corrected chi connectivity index (χ1v) is 20.4. The second-order valence-corrected chi connectivity index (χ2v) is 14.8. The van der Waals surface area contributed by atoms with Crippen LogP contribution in [0.2, 0.25) is 0 Å². The summed E-state index contributed by atoms with van der Waals surface area (Å²) >= 11 is 0. The summed E-state index contributed by atoms with van der Waals surface area (Å²) in [6.45, 7) is 0. The molecule has 10 aromatic rings. The Bertz CT molecular complexity index is 3140. The van der Waals surface area contributed by atoms with Gasteiger partial charge in [-0.1, -0.05) is 188 Å². The molecule has 0 aliphatic carbocycles. The smallest absolute Gasteiger partial charge is 0.164 e. The number of rotatable bonds is 9. The lowest BCUT2D eigenvalue weighted by molar-refractivity contribution is 1.07. The average molecular weight is 793 g/mol. The predicted molar refractivity (Wildman–Crippen MR) is 249 cm³/mol. The zero-order valence-corrected chi connectivity index (χ0v) is 33.5. The van der Waals surface area contributed by atoms with Crippen molar-refractivity contribution in [3.63, 3.8) is 0 Å². The Balaban J connectivity index is 1.09. The average Bonchev–Trinajstić information content (AvgIpc) is 3.37. The maximum atomic E-state index is 9.33. The van der Waals surface area contributed by atoms with Crippen molar-refractivity contribution in [3.8, 4) is 108 Å². The number of nitrogens with zero attached hydrogens (tertiary/aromatic N) is 6. The highest BCUT2D eigenvalue weighted by Gasteiger charge is 2.18. The summed E-state index contributed by atoms with van der Waals surface area (Å²) in [5, 5.41) is 9.33. The topological polar surface area (TPSA) is 88.2 Å². The van der Waals surface area contributed by atoms with E-state index in [1.54, 1.807) is 0 Å². The maximum Gasteiger partial charge on any atom is 0.164 e. The minimum atomic E-state index is 0.569. The molecular weight excluding hydrogens is 757 g/mol. The van der Waals surface area contributed by atoms with Gasteiger partial charge in [-0.15, -0.1) is 0 Å². The Labute approximate surface area is 360 Å². The molecule has 10 rings (SSSR count). The molecular formula is C56H36N6. The molecule has 0 spiro atoms. The van der Waals surface area contributed by atoms with Crippen LogP contribution >= 0.6 is 0 Å². The minimum absolute atomic E-state index is 0.569. The molecule has 0 aliphatic rings. The van der Waals surface area contributed by atoms with Crippen molar-refractivity contribution in [1.29, 1.82) is 5.26 Å². The monoisotopic (exact) mass is 792 g/mol. The van der Waals surface area contributed by atoms with Crippen molar-refractivity contribution in [2.24, 2.45) is 0 Å². The number of hydrogen-bond donors (Lipinski definition) is 0. The molecule has 2 heterocycles. The number of hydrogen-bond acceptors (Lipinski definition) is 6. The standard InChI is InChI=1S/C56H36N6/c57-37-38-24-26-40(27-25-38)46-22-13-23-48(34-46)56-61-54(44-20-11-4-12-21-44)60-55(62-56)45-30-28-41(29-31-45)49-33-32-47(39-14-5-1-6-15-39)35-50(49)52-36-51(42-16-7-2-8-17-42)58-53(59-52)43-18-9-3-10-19-43/h1-36H. The van der Waals surface area contributed by atoms with E-state index < -0.39 is 0 Å². The Kier molecular flexibility index (Phi) is 10.3. The van der Waals surface area contributed by atoms with Crippen LogP contribution in [0.25, 0.3) is 101 Å². The molecule has 0 saturated heterocycles. The molecule has 0 N–H and O–H groups in total. The lowest BCUT2D eigenvalue weighted by Crippen LogP contribution is -2.00. The first-order chi connectivity index (χ1) is 30.6. The van der Waals surface area contributed by atoms with E-state index in [9.17, 15) is 5.26 Å². The first-order valence-electron chi connectivity index (χ1n) is 20.4. The second-order valence-electron chi connectivity index (χ2n) is 14.8. The molecule has 0 unspecified atom stereocenters. The first kappa shape index (κ1) is 37.6. The Morgan fingerprint density at radius 2 is 0.661 bits per heavy atom. The lowest BCUT2D eigenvalue weighted by atomic mass is 9.92. The molecule has 0 amide bonds. The summed E-state index contributed by atoms with van der Waals surface area (Å²) in [7, 11) is 0. The largest absolute Gasteiger partial charge is 0.228 e. The van der Waals surface area contributed by atoms with Crippen LogP contribution in [0.15, 0.2) is 218 Å². The van der Waals surface area contributed by atoms with Crippen LogP contribution in [0.1, 0.15) is 5.56 Å². The summed E-state index contributed by atoms with van der Waals surface area (Å²) in [4.78, 5) is 25.4. The zero-order valence-electron chi connectivity index (χ0n) is 33.5. The Morgan fingerprint density at radius 3 is 1.26 bits per heavy atom. The SMILES string of the molecule is N#Cc1ccc(-c2cccc(-c3nc(-c4ccccc4)nc(-c4ccc(-c5ccc(-c6ccccc6)cc5-c5cc(-c6ccccc6)nc(-c6ccccc6)n5)cc4)n3)c2)cc1. The lowest BCUT2D eigenvalue weighted by Gasteiger charge is -2.15. The van der Waals surface area contributed by atoms with Gasteiger partial charge in [0, 0.05) is 33.4 Å². The molecule has 0 radical (unpaired) electrons. The van der Waals surface area contributed by atoms with Gasteiger partial charge in [0.15, 0.2) is 23.3 Å². The molecule has 0 fully saturated rings. The maximum absolute atomic E-state index is 9.33. The van der Waals surface area contributed by atoms with Gasteiger partial charge in [0.2, 0.25) is 0 Å². The fourth-order valence-corrected chi connectivity index (χ4v) is 7.60. The molecule has 0 aliphatic heterocycles. The van der Waals surface area contributed by atoms with Gasteiger partial charge in [0.05, 0.1) is 23.0 Å². The molecule has 62 heavy (non-hydrogen) atoms. The van der Waals surface area contributed by atoms with Gasteiger partial charge in [0.1, 0.15) is 0 Å². The van der Waals surface area contributed by atoms with E-state index in [0.717, 1.165) is 78.1 Å². The van der Waals surface area contributed by atoms with Crippen LogP contribution < -0.4 is 0 Å². The van der Waals surface area contributed by atoms with E-state index in [2.05, 4.69) is 115 Å². The van der Waals surface area contributed by atoms with Crippen LogP contribution in [0.5, 0.6) is 0 Å². The zero-order chi connectivity index (χ0) is 41.7. The van der Waals surface area contributed by atoms with Gasteiger partial charge in [0.25, 0.3) is 0 Å². The van der Waals surface area contributed by atoms with Crippen molar-refractivity contribution in [2.75, 3.05) is 0 Å². The molecule has 0 saturated carbocycles. The second kappa shape index (κ2) is 16.9. The molecule has 2 aromatic heterocycles. The molecule has 0 bridgehead atoms. The van der Waals surface area contributed by atoms with Gasteiger partial charge in [-0.05, 0) is 63.7 Å². The molecule has 0 atom stereocenters. The van der Waals surface area contributed by atoms with Gasteiger partial charge in [-0.2, -0.15) is 5.26 Å². The van der Waals surface area contributed by atoms with E-state index in [4.69, 9.17) is 24.9 Å². The highest BCUT2D eigenvalue weighted by molar-refractivity contribution is 5.88. The fourth-order valence-electron chi connectivity index (χ4n) is 7.60. The summed E-state index contributed by atoms with van der Waals surface area (Å²) in [6.07, 6.45) is 0. The quantitative estimate of drug-likeness (QED) is 0.145. The van der Waals surface area contributed by atoms with Gasteiger partial charge in [-0.3, -0.25) is 0 Å². The van der Waals surface area contributed by atoms with Crippen molar-refractivity contribution in [3.05, 3.63) is 224 Å². The predicted octanol–water partition coefficient (Wildman–Crippen LogP) is 13.5. The van der Waals surface area contributed by atoms with E-state index in [-0.39, 0.29) is 0 Å². The molecule has 290 valence electrons. The van der Waals surface area contributed by atoms with Crippen molar-refractivity contribution < 1.29 is 0 Å². The Morgan fingerprint density at radius 1 is 0.258 bits per heavy atom. The van der Waals surface area contributed by atoms with Crippen molar-refractivity contribution >= 4 is 0 Å². The van der Waals surface area contributed by atoms with E-state index in [0.29, 0.717) is 28.9 Å². The third-order valence-corrected chi connectivity index (χ3v) is 10.8. The van der Waals surface area contributed by atoms with Gasteiger partial charge in [-0.25, -0.2) is 24.9 Å². The number of benzene rings is 8. The third kappa shape index (κ3) is 7.90. The highest BCUT2D eigenvalue weighted by Crippen LogP contribution is 2.38. The van der Waals surface area contributed by atoms with E-state index in [1.165, 1.54) is 0 Å². The van der Waals surface area contributed by atoms with E-state index >= 15 is 0 Å². The normalized spacial score (nSPS) is 10.9. The van der Waals surface area contributed by atoms with E-state index in [1.807, 2.05) is 109 Å². The van der Waals surface area contributed by atoms with Crippen LogP contribution in [-0.4, -0.2) is 24.9 Å². The van der Waals surface area contributed by atoms with Crippen LogP contribution in [0.4, 0.5) is 0 Å². The Hall–Kier alpha value is -8.66. The summed E-state index contributed by atoms with van der Waals surface area (Å²) in [5.74, 6) is 2.39. The fraction of sp³-hybridized carbons (Fsp3) is 0. The van der Waals surface area contributed by atoms with Gasteiger partial charge >= 0.3 is 0 Å².